The number of benzene rings is 2. The molecular weight excluding hydrogens is 366 g/mol. The zero-order valence-corrected chi connectivity index (χ0v) is 15.7. The number of nitrogens with zero attached hydrogens (tertiary/aromatic N) is 1. The van der Waals surface area contributed by atoms with Crippen molar-refractivity contribution in [1.29, 1.82) is 0 Å². The SMILES string of the molecule is COc1ccc(CNC(=O)C(C)OC(=O)c2ccc3nc(N)sc3c2)cc1. The summed E-state index contributed by atoms with van der Waals surface area (Å²) >= 11 is 1.29. The van der Waals surface area contributed by atoms with Gasteiger partial charge in [-0.15, -0.1) is 0 Å². The predicted octanol–water partition coefficient (Wildman–Crippen LogP) is 2.75. The molecule has 1 heterocycles. The number of thiazole rings is 1. The number of methoxy groups -OCH3 is 1. The standard InChI is InChI=1S/C19H19N3O4S/c1-11(17(23)21-10-12-3-6-14(25-2)7-4-12)26-18(24)13-5-8-15-16(9-13)27-19(20)22-15/h3-9,11H,10H2,1-2H3,(H2,20,22)(H,21,23). The molecular formula is C19H19N3O4S. The first-order valence-electron chi connectivity index (χ1n) is 8.24. The molecule has 2 aromatic carbocycles. The lowest BCUT2D eigenvalue weighted by Crippen LogP contribution is -2.35. The maximum atomic E-state index is 12.3. The average molecular weight is 385 g/mol. The third-order valence-electron chi connectivity index (χ3n) is 3.92. The van der Waals surface area contributed by atoms with Crippen LogP contribution < -0.4 is 15.8 Å². The number of carbonyl (C=O) groups excluding carboxylic acids is 2. The summed E-state index contributed by atoms with van der Waals surface area (Å²) in [6, 6.07) is 12.3. The largest absolute Gasteiger partial charge is 0.497 e. The fourth-order valence-corrected chi connectivity index (χ4v) is 3.20. The van der Waals surface area contributed by atoms with E-state index in [1.165, 1.54) is 18.3 Å². The number of nitrogens with two attached hydrogens (primary N) is 1. The van der Waals surface area contributed by atoms with Crippen LogP contribution in [-0.2, 0) is 16.1 Å². The molecule has 7 nitrogen and oxygen atoms in total. The molecule has 3 rings (SSSR count). The molecule has 1 atom stereocenters. The summed E-state index contributed by atoms with van der Waals surface area (Å²) in [5.41, 5.74) is 7.65. The van der Waals surface area contributed by atoms with Gasteiger partial charge in [0, 0.05) is 6.54 Å². The summed E-state index contributed by atoms with van der Waals surface area (Å²) in [5.74, 6) is -0.203. The highest BCUT2D eigenvalue weighted by atomic mass is 32.1. The van der Waals surface area contributed by atoms with Crippen LogP contribution in [-0.4, -0.2) is 30.1 Å². The zero-order valence-electron chi connectivity index (χ0n) is 14.9. The number of hydrogen-bond donors (Lipinski definition) is 2. The van der Waals surface area contributed by atoms with E-state index in [9.17, 15) is 9.59 Å². The topological polar surface area (TPSA) is 104 Å². The van der Waals surface area contributed by atoms with E-state index in [4.69, 9.17) is 15.2 Å². The van der Waals surface area contributed by atoms with Gasteiger partial charge >= 0.3 is 5.97 Å². The molecule has 3 N–H and O–H groups in total. The molecule has 8 heteroatoms. The molecule has 0 saturated heterocycles. The van der Waals surface area contributed by atoms with Crippen LogP contribution in [0, 0.1) is 0 Å². The first-order chi connectivity index (χ1) is 13.0. The second-order valence-corrected chi connectivity index (χ2v) is 6.91. The number of hydrogen-bond acceptors (Lipinski definition) is 7. The van der Waals surface area contributed by atoms with Gasteiger partial charge in [0.05, 0.1) is 22.9 Å². The Kier molecular flexibility index (Phi) is 5.56. The number of nitrogens with one attached hydrogen (secondary N) is 1. The Morgan fingerprint density at radius 1 is 1.22 bits per heavy atom. The normalized spacial score (nSPS) is 11.8. The number of fused-ring (bicyclic) bond motifs is 1. The highest BCUT2D eigenvalue weighted by Gasteiger charge is 2.19. The fraction of sp³-hybridized carbons (Fsp3) is 0.211. The van der Waals surface area contributed by atoms with Crippen molar-refractivity contribution in [2.24, 2.45) is 0 Å². The Labute approximate surface area is 160 Å². The van der Waals surface area contributed by atoms with Crippen molar-refractivity contribution >= 4 is 38.6 Å². The molecule has 1 unspecified atom stereocenters. The summed E-state index contributed by atoms with van der Waals surface area (Å²) in [4.78, 5) is 28.6. The molecule has 0 aliphatic heterocycles. The second-order valence-electron chi connectivity index (χ2n) is 5.85. The van der Waals surface area contributed by atoms with Crippen LogP contribution in [0.15, 0.2) is 42.5 Å². The van der Waals surface area contributed by atoms with E-state index in [1.807, 2.05) is 24.3 Å². The molecule has 0 radical (unpaired) electrons. The molecule has 0 aliphatic carbocycles. The lowest BCUT2D eigenvalue weighted by atomic mass is 10.2. The zero-order chi connectivity index (χ0) is 19.4. The summed E-state index contributed by atoms with van der Waals surface area (Å²) < 4.78 is 11.1. The lowest BCUT2D eigenvalue weighted by Gasteiger charge is -2.13. The number of amides is 1. The van der Waals surface area contributed by atoms with Crippen molar-refractivity contribution in [3.05, 3.63) is 53.6 Å². The first-order valence-corrected chi connectivity index (χ1v) is 9.05. The Hall–Kier alpha value is -3.13. The Balaban J connectivity index is 1.56. The van der Waals surface area contributed by atoms with Gasteiger partial charge in [0.1, 0.15) is 5.75 Å². The summed E-state index contributed by atoms with van der Waals surface area (Å²) in [7, 11) is 1.59. The number of esters is 1. The number of carbonyl (C=O) groups is 2. The number of nitrogen functional groups attached to an aromatic ring is 1. The fourth-order valence-electron chi connectivity index (χ4n) is 2.43. The molecule has 27 heavy (non-hydrogen) atoms. The minimum Gasteiger partial charge on any atom is -0.497 e. The minimum atomic E-state index is -0.919. The van der Waals surface area contributed by atoms with E-state index in [2.05, 4.69) is 10.3 Å². The van der Waals surface area contributed by atoms with Gasteiger partial charge in [0.25, 0.3) is 5.91 Å². The molecule has 140 valence electrons. The number of rotatable bonds is 6. The molecule has 3 aromatic rings. The molecule has 0 spiro atoms. The summed E-state index contributed by atoms with van der Waals surface area (Å²) in [6.07, 6.45) is -0.919. The molecule has 0 fully saturated rings. The Morgan fingerprint density at radius 3 is 2.67 bits per heavy atom. The third-order valence-corrected chi connectivity index (χ3v) is 4.77. The Morgan fingerprint density at radius 2 is 1.96 bits per heavy atom. The van der Waals surface area contributed by atoms with Crippen molar-refractivity contribution in [2.75, 3.05) is 12.8 Å². The van der Waals surface area contributed by atoms with Crippen molar-refractivity contribution in [2.45, 2.75) is 19.6 Å². The number of ether oxygens (including phenoxy) is 2. The van der Waals surface area contributed by atoms with E-state index in [-0.39, 0.29) is 5.91 Å². The van der Waals surface area contributed by atoms with Gasteiger partial charge < -0.3 is 20.5 Å². The smallest absolute Gasteiger partial charge is 0.338 e. The minimum absolute atomic E-state index is 0.330. The van der Waals surface area contributed by atoms with Gasteiger partial charge in [-0.3, -0.25) is 4.79 Å². The quantitative estimate of drug-likeness (QED) is 0.633. The molecule has 0 bridgehead atoms. The maximum absolute atomic E-state index is 12.3. The van der Waals surface area contributed by atoms with Crippen LogP contribution in [0.4, 0.5) is 5.13 Å². The van der Waals surface area contributed by atoms with Gasteiger partial charge in [-0.1, -0.05) is 23.5 Å². The van der Waals surface area contributed by atoms with E-state index >= 15 is 0 Å². The highest BCUT2D eigenvalue weighted by Crippen LogP contribution is 2.25. The van der Waals surface area contributed by atoms with Crippen LogP contribution in [0.25, 0.3) is 10.2 Å². The maximum Gasteiger partial charge on any atom is 0.338 e. The molecule has 1 amide bonds. The average Bonchev–Trinajstić information content (AvgIpc) is 3.05. The molecule has 0 aliphatic rings. The van der Waals surface area contributed by atoms with E-state index in [0.29, 0.717) is 17.2 Å². The van der Waals surface area contributed by atoms with Gasteiger partial charge in [-0.25, -0.2) is 9.78 Å². The van der Waals surface area contributed by atoms with Crippen LogP contribution in [0.5, 0.6) is 5.75 Å². The van der Waals surface area contributed by atoms with E-state index in [1.54, 1.807) is 25.3 Å². The van der Waals surface area contributed by atoms with E-state index in [0.717, 1.165) is 21.5 Å². The van der Waals surface area contributed by atoms with Crippen LogP contribution in [0.3, 0.4) is 0 Å². The third kappa shape index (κ3) is 4.53. The van der Waals surface area contributed by atoms with Crippen molar-refractivity contribution in [1.82, 2.24) is 10.3 Å². The monoisotopic (exact) mass is 385 g/mol. The number of aromatic nitrogens is 1. The summed E-state index contributed by atoms with van der Waals surface area (Å²) in [6.45, 7) is 1.86. The van der Waals surface area contributed by atoms with Crippen LogP contribution in [0.2, 0.25) is 0 Å². The Bertz CT molecular complexity index is 969. The predicted molar refractivity (Wildman–Crippen MR) is 104 cm³/mol. The summed E-state index contributed by atoms with van der Waals surface area (Å²) in [5, 5.41) is 3.18. The van der Waals surface area contributed by atoms with E-state index < -0.39 is 12.1 Å². The van der Waals surface area contributed by atoms with Crippen molar-refractivity contribution in [3.63, 3.8) is 0 Å². The molecule has 0 saturated carbocycles. The van der Waals surface area contributed by atoms with Crippen molar-refractivity contribution in [3.8, 4) is 5.75 Å². The van der Waals surface area contributed by atoms with Crippen LogP contribution >= 0.6 is 11.3 Å². The lowest BCUT2D eigenvalue weighted by molar-refractivity contribution is -0.129. The highest BCUT2D eigenvalue weighted by molar-refractivity contribution is 7.22. The number of anilines is 1. The van der Waals surface area contributed by atoms with Crippen molar-refractivity contribution < 1.29 is 19.1 Å². The van der Waals surface area contributed by atoms with Gasteiger partial charge in [-0.05, 0) is 42.8 Å². The van der Waals surface area contributed by atoms with Gasteiger partial charge in [0.2, 0.25) is 0 Å². The first kappa shape index (κ1) is 18.7. The second kappa shape index (κ2) is 8.05. The van der Waals surface area contributed by atoms with Crippen LogP contribution in [0.1, 0.15) is 22.8 Å². The molecule has 1 aromatic heterocycles. The van der Waals surface area contributed by atoms with Gasteiger partial charge in [-0.2, -0.15) is 0 Å². The van der Waals surface area contributed by atoms with Gasteiger partial charge in [0.15, 0.2) is 11.2 Å².